The van der Waals surface area contributed by atoms with E-state index in [-0.39, 0.29) is 11.6 Å². The van der Waals surface area contributed by atoms with Gasteiger partial charge in [-0.2, -0.15) is 0 Å². The summed E-state index contributed by atoms with van der Waals surface area (Å²) in [4.78, 5) is 29.7. The molecule has 1 aliphatic carbocycles. The molecule has 2 aromatic carbocycles. The molecule has 0 atom stereocenters. The van der Waals surface area contributed by atoms with Crippen LogP contribution in [0.4, 0.5) is 16.4 Å². The van der Waals surface area contributed by atoms with Crippen LogP contribution in [0.3, 0.4) is 0 Å². The van der Waals surface area contributed by atoms with Crippen molar-refractivity contribution in [3.05, 3.63) is 98.1 Å². The summed E-state index contributed by atoms with van der Waals surface area (Å²) >= 11 is 1.57. The van der Waals surface area contributed by atoms with Gasteiger partial charge in [0, 0.05) is 28.3 Å². The number of nitrogens with one attached hydrogen (secondary N) is 1. The number of amides is 1. The summed E-state index contributed by atoms with van der Waals surface area (Å²) in [5.41, 5.74) is 4.07. The summed E-state index contributed by atoms with van der Waals surface area (Å²) in [5, 5.41) is 14.7. The number of nitro groups is 1. The van der Waals surface area contributed by atoms with Crippen molar-refractivity contribution in [3.63, 3.8) is 0 Å². The Bertz CT molecular complexity index is 1440. The molecule has 0 fully saturated rings. The van der Waals surface area contributed by atoms with E-state index in [1.54, 1.807) is 29.7 Å². The first-order chi connectivity index (χ1) is 17.0. The van der Waals surface area contributed by atoms with Crippen molar-refractivity contribution < 1.29 is 14.1 Å². The van der Waals surface area contributed by atoms with Crippen molar-refractivity contribution >= 4 is 39.8 Å². The number of nitro benzene ring substituents is 1. The first-order valence-electron chi connectivity index (χ1n) is 11.4. The minimum absolute atomic E-state index is 0.0440. The van der Waals surface area contributed by atoms with Crippen molar-refractivity contribution in [2.75, 3.05) is 5.32 Å². The normalized spacial score (nSPS) is 13.1. The average Bonchev–Trinajstić information content (AvgIpc) is 3.47. The zero-order chi connectivity index (χ0) is 24.4. The van der Waals surface area contributed by atoms with Gasteiger partial charge in [0.25, 0.3) is 11.6 Å². The zero-order valence-corrected chi connectivity index (χ0v) is 19.9. The number of furan rings is 1. The minimum Gasteiger partial charge on any atom is -0.455 e. The molecule has 8 heteroatoms. The number of anilines is 1. The molecule has 0 saturated carbocycles. The van der Waals surface area contributed by atoms with E-state index in [0.29, 0.717) is 22.1 Å². The van der Waals surface area contributed by atoms with Gasteiger partial charge in [-0.05, 0) is 74.1 Å². The number of non-ortho nitro benzene ring substituents is 1. The SMILES string of the molecule is Cc1cc([N+](=O)[O-])ccc1-c1ccc(C=Nc2sc3c(c2C(=O)Nc2ccccc2)CCCC3)o1. The number of aliphatic imine (C=N–C) groups is 1. The van der Waals surface area contributed by atoms with Gasteiger partial charge < -0.3 is 9.73 Å². The predicted molar refractivity (Wildman–Crippen MR) is 138 cm³/mol. The highest BCUT2D eigenvalue weighted by Gasteiger charge is 2.25. The molecule has 0 spiro atoms. The van der Waals surface area contributed by atoms with E-state index < -0.39 is 4.92 Å². The Hall–Kier alpha value is -4.04. The lowest BCUT2D eigenvalue weighted by molar-refractivity contribution is -0.384. The summed E-state index contributed by atoms with van der Waals surface area (Å²) in [6.07, 6.45) is 5.65. The van der Waals surface area contributed by atoms with Crippen LogP contribution in [-0.2, 0) is 12.8 Å². The number of carbonyl (C=O) groups excluding carboxylic acids is 1. The quantitative estimate of drug-likeness (QED) is 0.179. The molecule has 0 bridgehead atoms. The average molecular weight is 486 g/mol. The molecule has 1 aliphatic rings. The summed E-state index contributed by atoms with van der Waals surface area (Å²) in [5.74, 6) is 0.995. The Kier molecular flexibility index (Phi) is 6.29. The van der Waals surface area contributed by atoms with Gasteiger partial charge in [0.05, 0.1) is 16.7 Å². The predicted octanol–water partition coefficient (Wildman–Crippen LogP) is 7.11. The van der Waals surface area contributed by atoms with Gasteiger partial charge in [0.2, 0.25) is 0 Å². The molecule has 35 heavy (non-hydrogen) atoms. The Labute approximate surface area is 206 Å². The van der Waals surface area contributed by atoms with Crippen LogP contribution in [0.25, 0.3) is 11.3 Å². The molecule has 176 valence electrons. The second kappa shape index (κ2) is 9.68. The van der Waals surface area contributed by atoms with Crippen LogP contribution >= 0.6 is 11.3 Å². The topological polar surface area (TPSA) is 97.7 Å². The molecule has 0 unspecified atom stereocenters. The number of aryl methyl sites for hydroxylation is 2. The second-order valence-electron chi connectivity index (χ2n) is 8.43. The van der Waals surface area contributed by atoms with Crippen LogP contribution in [0.2, 0.25) is 0 Å². The number of hydrogen-bond acceptors (Lipinski definition) is 6. The minimum atomic E-state index is -0.414. The number of rotatable bonds is 6. The van der Waals surface area contributed by atoms with Crippen molar-refractivity contribution in [2.24, 2.45) is 4.99 Å². The van der Waals surface area contributed by atoms with Crippen LogP contribution < -0.4 is 5.32 Å². The molecule has 7 nitrogen and oxygen atoms in total. The summed E-state index contributed by atoms with van der Waals surface area (Å²) in [7, 11) is 0. The maximum atomic E-state index is 13.2. The third-order valence-corrected chi connectivity index (χ3v) is 7.23. The van der Waals surface area contributed by atoms with Crippen molar-refractivity contribution in [1.29, 1.82) is 0 Å². The molecule has 0 radical (unpaired) electrons. The molecule has 1 amide bonds. The highest BCUT2D eigenvalue weighted by Crippen LogP contribution is 2.40. The van der Waals surface area contributed by atoms with E-state index in [2.05, 4.69) is 10.3 Å². The molecular weight excluding hydrogens is 462 g/mol. The van der Waals surface area contributed by atoms with Crippen molar-refractivity contribution in [1.82, 2.24) is 0 Å². The number of fused-ring (bicyclic) bond motifs is 1. The lowest BCUT2D eigenvalue weighted by Crippen LogP contribution is -2.14. The molecule has 5 rings (SSSR count). The smallest absolute Gasteiger partial charge is 0.269 e. The van der Waals surface area contributed by atoms with Crippen LogP contribution in [0, 0.1) is 17.0 Å². The Morgan fingerprint density at radius 3 is 2.69 bits per heavy atom. The summed E-state index contributed by atoms with van der Waals surface area (Å²) in [6, 6.07) is 17.7. The molecule has 1 N–H and O–H groups in total. The maximum Gasteiger partial charge on any atom is 0.269 e. The van der Waals surface area contributed by atoms with E-state index >= 15 is 0 Å². The fourth-order valence-electron chi connectivity index (χ4n) is 4.32. The Balaban J connectivity index is 1.43. The molecule has 2 aromatic heterocycles. The van der Waals surface area contributed by atoms with E-state index in [1.165, 1.54) is 17.0 Å². The molecule has 2 heterocycles. The van der Waals surface area contributed by atoms with Gasteiger partial charge in [-0.25, -0.2) is 4.99 Å². The fraction of sp³-hybridized carbons (Fsp3) is 0.185. The monoisotopic (exact) mass is 485 g/mol. The number of hydrogen-bond donors (Lipinski definition) is 1. The fourth-order valence-corrected chi connectivity index (χ4v) is 5.55. The van der Waals surface area contributed by atoms with Gasteiger partial charge >= 0.3 is 0 Å². The van der Waals surface area contributed by atoms with E-state index in [4.69, 9.17) is 4.42 Å². The molecule has 0 aliphatic heterocycles. The number of para-hydroxylation sites is 1. The third-order valence-electron chi connectivity index (χ3n) is 6.03. The van der Waals surface area contributed by atoms with Gasteiger partial charge in [-0.15, -0.1) is 11.3 Å². The van der Waals surface area contributed by atoms with E-state index in [0.717, 1.165) is 48.1 Å². The van der Waals surface area contributed by atoms with Crippen LogP contribution in [0.15, 0.2) is 70.1 Å². The Morgan fingerprint density at radius 2 is 1.91 bits per heavy atom. The first kappa shape index (κ1) is 22.7. The van der Waals surface area contributed by atoms with Gasteiger partial charge in [-0.1, -0.05) is 18.2 Å². The Morgan fingerprint density at radius 1 is 1.11 bits per heavy atom. The maximum absolute atomic E-state index is 13.2. The summed E-state index contributed by atoms with van der Waals surface area (Å²) in [6.45, 7) is 1.81. The van der Waals surface area contributed by atoms with E-state index in [1.807, 2.05) is 43.3 Å². The lowest BCUT2D eigenvalue weighted by atomic mass is 9.95. The standard InChI is InChI=1S/C27H23N3O4S/c1-17-15-19(30(32)33)11-13-21(17)23-14-12-20(34-23)16-28-27-25(22-9-5-6-10-24(22)35-27)26(31)29-18-7-3-2-4-8-18/h2-4,7-8,11-16H,5-6,9-10H2,1H3,(H,29,31). The van der Waals surface area contributed by atoms with Crippen LogP contribution in [0.1, 0.15) is 45.0 Å². The van der Waals surface area contributed by atoms with Gasteiger partial charge in [0.15, 0.2) is 0 Å². The number of nitrogens with zero attached hydrogens (tertiary/aromatic N) is 2. The molecule has 4 aromatic rings. The number of thiophene rings is 1. The lowest BCUT2D eigenvalue weighted by Gasteiger charge is -2.12. The van der Waals surface area contributed by atoms with Crippen molar-refractivity contribution in [2.45, 2.75) is 32.6 Å². The van der Waals surface area contributed by atoms with E-state index in [9.17, 15) is 14.9 Å². The van der Waals surface area contributed by atoms with Gasteiger partial charge in [0.1, 0.15) is 16.5 Å². The number of benzene rings is 2. The molecular formula is C27H23N3O4S. The van der Waals surface area contributed by atoms with Crippen LogP contribution in [-0.4, -0.2) is 17.0 Å². The zero-order valence-electron chi connectivity index (χ0n) is 19.1. The highest BCUT2D eigenvalue weighted by molar-refractivity contribution is 7.16. The third kappa shape index (κ3) is 4.79. The number of carbonyl (C=O) groups is 1. The van der Waals surface area contributed by atoms with Gasteiger partial charge in [-0.3, -0.25) is 14.9 Å². The highest BCUT2D eigenvalue weighted by atomic mass is 32.1. The second-order valence-corrected chi connectivity index (χ2v) is 9.51. The summed E-state index contributed by atoms with van der Waals surface area (Å²) < 4.78 is 5.96. The van der Waals surface area contributed by atoms with Crippen molar-refractivity contribution in [3.8, 4) is 11.3 Å². The van der Waals surface area contributed by atoms with Crippen LogP contribution in [0.5, 0.6) is 0 Å². The first-order valence-corrected chi connectivity index (χ1v) is 12.2. The molecule has 0 saturated heterocycles. The largest absolute Gasteiger partial charge is 0.455 e.